The van der Waals surface area contributed by atoms with Crippen LogP contribution in [-0.4, -0.2) is 13.7 Å². The summed E-state index contributed by atoms with van der Waals surface area (Å²) >= 11 is 5.11. The fourth-order valence-electron chi connectivity index (χ4n) is 0.167. The topological polar surface area (TPSA) is 35.5 Å². The molecule has 3 nitrogen and oxygen atoms in total. The lowest BCUT2D eigenvalue weighted by molar-refractivity contribution is 0.275. The van der Waals surface area contributed by atoms with Crippen molar-refractivity contribution in [3.8, 4) is 12.3 Å². The Hall–Kier alpha value is -0.0000000000000000208. The SMILES string of the molecule is C#CCOP(=O)(Cl)OC. The Morgan fingerprint density at radius 1 is 1.89 bits per heavy atom. The zero-order valence-electron chi connectivity index (χ0n) is 4.83. The highest BCUT2D eigenvalue weighted by molar-refractivity contribution is 7.81. The molecule has 0 saturated heterocycles. The van der Waals surface area contributed by atoms with Crippen molar-refractivity contribution in [3.05, 3.63) is 0 Å². The summed E-state index contributed by atoms with van der Waals surface area (Å²) in [4.78, 5) is 0. The van der Waals surface area contributed by atoms with E-state index in [0.29, 0.717) is 0 Å². The van der Waals surface area contributed by atoms with Gasteiger partial charge in [0.05, 0.1) is 0 Å². The number of rotatable bonds is 3. The van der Waals surface area contributed by atoms with Crippen LogP contribution in [-0.2, 0) is 13.6 Å². The first kappa shape index (κ1) is 9.00. The van der Waals surface area contributed by atoms with E-state index in [2.05, 4.69) is 15.0 Å². The quantitative estimate of drug-likeness (QED) is 0.475. The van der Waals surface area contributed by atoms with Gasteiger partial charge in [-0.25, -0.2) is 4.57 Å². The molecular weight excluding hydrogens is 162 g/mol. The molecule has 0 bridgehead atoms. The van der Waals surface area contributed by atoms with Crippen molar-refractivity contribution in [1.82, 2.24) is 0 Å². The monoisotopic (exact) mass is 168 g/mol. The lowest BCUT2D eigenvalue weighted by Gasteiger charge is -2.03. The van der Waals surface area contributed by atoms with Gasteiger partial charge in [0, 0.05) is 18.4 Å². The van der Waals surface area contributed by atoms with Crippen LogP contribution in [0.4, 0.5) is 0 Å². The van der Waals surface area contributed by atoms with E-state index in [0.717, 1.165) is 0 Å². The van der Waals surface area contributed by atoms with Gasteiger partial charge in [-0.05, 0) is 0 Å². The molecule has 9 heavy (non-hydrogen) atoms. The highest BCUT2D eigenvalue weighted by Gasteiger charge is 2.16. The van der Waals surface area contributed by atoms with Gasteiger partial charge in [0.15, 0.2) is 0 Å². The van der Waals surface area contributed by atoms with Crippen molar-refractivity contribution in [2.45, 2.75) is 0 Å². The first-order chi connectivity index (χ1) is 4.12. The summed E-state index contributed by atoms with van der Waals surface area (Å²) in [6, 6.07) is 0. The van der Waals surface area contributed by atoms with Crippen molar-refractivity contribution in [1.29, 1.82) is 0 Å². The molecule has 0 aromatic rings. The average molecular weight is 169 g/mol. The van der Waals surface area contributed by atoms with E-state index in [4.69, 9.17) is 17.7 Å². The van der Waals surface area contributed by atoms with E-state index in [9.17, 15) is 4.57 Å². The predicted octanol–water partition coefficient (Wildman–Crippen LogP) is 1.63. The first-order valence-electron chi connectivity index (χ1n) is 2.06. The van der Waals surface area contributed by atoms with Gasteiger partial charge in [-0.3, -0.25) is 4.52 Å². The van der Waals surface area contributed by atoms with Crippen LogP contribution in [0.1, 0.15) is 0 Å². The van der Waals surface area contributed by atoms with Gasteiger partial charge in [-0.1, -0.05) is 5.92 Å². The molecule has 0 spiro atoms. The van der Waals surface area contributed by atoms with Crippen LogP contribution >= 0.6 is 18.2 Å². The first-order valence-corrected chi connectivity index (χ1v) is 4.50. The van der Waals surface area contributed by atoms with Crippen LogP contribution in [0.25, 0.3) is 0 Å². The van der Waals surface area contributed by atoms with Gasteiger partial charge >= 0.3 is 6.95 Å². The van der Waals surface area contributed by atoms with E-state index < -0.39 is 6.95 Å². The van der Waals surface area contributed by atoms with Crippen molar-refractivity contribution in [2.24, 2.45) is 0 Å². The maximum absolute atomic E-state index is 10.6. The standard InChI is InChI=1S/C4H6ClO3P/c1-3-4-8-9(5,6)7-2/h1H,4H2,2H3. The molecule has 0 saturated carbocycles. The number of halogens is 1. The van der Waals surface area contributed by atoms with E-state index in [-0.39, 0.29) is 6.61 Å². The molecule has 5 heteroatoms. The smallest absolute Gasteiger partial charge is 0.300 e. The Labute approximate surface area is 58.6 Å². The fraction of sp³-hybridized carbons (Fsp3) is 0.500. The predicted molar refractivity (Wildman–Crippen MR) is 35.3 cm³/mol. The third kappa shape index (κ3) is 4.50. The Balaban J connectivity index is 3.63. The van der Waals surface area contributed by atoms with E-state index >= 15 is 0 Å². The summed E-state index contributed by atoms with van der Waals surface area (Å²) in [5.74, 6) is 2.10. The minimum Gasteiger partial charge on any atom is -0.300 e. The normalized spacial score (nSPS) is 16.1. The summed E-state index contributed by atoms with van der Waals surface area (Å²) < 4.78 is 19.2. The van der Waals surface area contributed by atoms with Gasteiger partial charge in [-0.15, -0.1) is 6.42 Å². The van der Waals surface area contributed by atoms with E-state index in [1.54, 1.807) is 0 Å². The number of hydrogen-bond donors (Lipinski definition) is 0. The summed E-state index contributed by atoms with van der Waals surface area (Å²) in [5.41, 5.74) is 0. The molecular formula is C4H6ClO3P. The summed E-state index contributed by atoms with van der Waals surface area (Å²) in [7, 11) is 1.18. The van der Waals surface area contributed by atoms with Crippen LogP contribution in [0.3, 0.4) is 0 Å². The highest BCUT2D eigenvalue weighted by Crippen LogP contribution is 2.52. The number of terminal acetylenes is 1. The van der Waals surface area contributed by atoms with E-state index in [1.807, 2.05) is 0 Å². The summed E-state index contributed by atoms with van der Waals surface area (Å²) in [6.45, 7) is -3.46. The van der Waals surface area contributed by atoms with Crippen LogP contribution in [0.5, 0.6) is 0 Å². The van der Waals surface area contributed by atoms with Gasteiger partial charge in [-0.2, -0.15) is 0 Å². The summed E-state index contributed by atoms with van der Waals surface area (Å²) in [6.07, 6.45) is 4.78. The molecule has 0 aliphatic carbocycles. The maximum atomic E-state index is 10.6. The molecule has 0 N–H and O–H groups in total. The van der Waals surface area contributed by atoms with Crippen LogP contribution < -0.4 is 0 Å². The molecule has 1 atom stereocenters. The van der Waals surface area contributed by atoms with Crippen LogP contribution in [0.2, 0.25) is 0 Å². The maximum Gasteiger partial charge on any atom is 0.424 e. The molecule has 0 rings (SSSR count). The van der Waals surface area contributed by atoms with Crippen molar-refractivity contribution < 1.29 is 13.6 Å². The third-order valence-electron chi connectivity index (χ3n) is 0.520. The largest absolute Gasteiger partial charge is 0.424 e. The Morgan fingerprint density at radius 3 is 2.78 bits per heavy atom. The molecule has 0 aromatic carbocycles. The lowest BCUT2D eigenvalue weighted by atomic mass is 10.8. The molecule has 0 heterocycles. The average Bonchev–Trinajstić information content (AvgIpc) is 1.84. The van der Waals surface area contributed by atoms with E-state index in [1.165, 1.54) is 7.11 Å². The van der Waals surface area contributed by atoms with Crippen molar-refractivity contribution in [3.63, 3.8) is 0 Å². The Morgan fingerprint density at radius 2 is 2.44 bits per heavy atom. The Bertz CT molecular complexity index is 162. The second-order valence-electron chi connectivity index (χ2n) is 1.09. The molecule has 1 unspecified atom stereocenters. The minimum atomic E-state index is -3.36. The van der Waals surface area contributed by atoms with Crippen molar-refractivity contribution >= 4 is 18.2 Å². The minimum absolute atomic E-state index is 0.103. The molecule has 52 valence electrons. The second kappa shape index (κ2) is 3.92. The zero-order chi connectivity index (χ0) is 7.33. The Kier molecular flexibility index (Phi) is 3.92. The van der Waals surface area contributed by atoms with Gasteiger partial charge in [0.2, 0.25) is 0 Å². The lowest BCUT2D eigenvalue weighted by Crippen LogP contribution is -1.85. The molecule has 0 radical (unpaired) electrons. The van der Waals surface area contributed by atoms with Crippen LogP contribution in [0, 0.1) is 12.3 Å². The molecule has 0 aliphatic heterocycles. The van der Waals surface area contributed by atoms with Gasteiger partial charge < -0.3 is 4.52 Å². The van der Waals surface area contributed by atoms with Crippen molar-refractivity contribution in [2.75, 3.05) is 13.7 Å². The van der Waals surface area contributed by atoms with Gasteiger partial charge in [0.25, 0.3) is 0 Å². The zero-order valence-corrected chi connectivity index (χ0v) is 6.48. The molecule has 0 aliphatic rings. The van der Waals surface area contributed by atoms with Gasteiger partial charge in [0.1, 0.15) is 6.61 Å². The summed E-state index contributed by atoms with van der Waals surface area (Å²) in [5, 5.41) is 0. The fourth-order valence-corrected chi connectivity index (χ4v) is 0.648. The molecule has 0 amide bonds. The third-order valence-corrected chi connectivity index (χ3v) is 2.10. The second-order valence-corrected chi connectivity index (χ2v) is 3.82. The molecule has 0 fully saturated rings. The highest BCUT2D eigenvalue weighted by atomic mass is 35.7. The van der Waals surface area contributed by atoms with Crippen LogP contribution in [0.15, 0.2) is 0 Å². The molecule has 0 aromatic heterocycles. The number of hydrogen-bond acceptors (Lipinski definition) is 3.